The first kappa shape index (κ1) is 24.8. The van der Waals surface area contributed by atoms with Gasteiger partial charge in [-0.25, -0.2) is 0 Å². The fourth-order valence-electron chi connectivity index (χ4n) is 4.93. The largest absolute Gasteiger partial charge is 0.399 e. The third kappa shape index (κ3) is 6.38. The van der Waals surface area contributed by atoms with Crippen molar-refractivity contribution in [3.05, 3.63) is 54.0 Å². The van der Waals surface area contributed by atoms with E-state index in [1.54, 1.807) is 19.5 Å². The first-order valence-corrected chi connectivity index (χ1v) is 11.9. The van der Waals surface area contributed by atoms with Gasteiger partial charge in [-0.15, -0.1) is 0 Å². The molecule has 7 heteroatoms. The van der Waals surface area contributed by atoms with E-state index in [1.165, 1.54) is 5.57 Å². The molecule has 0 N–H and O–H groups in total. The molecule has 3 rings (SSSR count). The molecule has 0 aliphatic carbocycles. The van der Waals surface area contributed by atoms with Crippen LogP contribution in [0.2, 0.25) is 0 Å². The summed E-state index contributed by atoms with van der Waals surface area (Å²) in [6, 6.07) is 6.14. The topological polar surface area (TPSA) is 70.4 Å². The van der Waals surface area contributed by atoms with Crippen molar-refractivity contribution in [3.63, 3.8) is 0 Å². The van der Waals surface area contributed by atoms with Crippen molar-refractivity contribution in [1.82, 2.24) is 14.8 Å². The second kappa shape index (κ2) is 12.4. The molecule has 0 saturated carbocycles. The highest BCUT2D eigenvalue weighted by Gasteiger charge is 2.33. The number of carbonyl (C=O) groups excluding carboxylic acids is 1. The molecule has 0 aromatic carbocycles. The average Bonchev–Trinajstić information content (AvgIpc) is 2.88. The van der Waals surface area contributed by atoms with Gasteiger partial charge in [0.15, 0.2) is 0 Å². The van der Waals surface area contributed by atoms with E-state index in [1.807, 2.05) is 24.3 Å². The van der Waals surface area contributed by atoms with Gasteiger partial charge in [0.05, 0.1) is 5.69 Å². The lowest BCUT2D eigenvalue weighted by Crippen LogP contribution is -2.47. The quantitative estimate of drug-likeness (QED) is 0.341. The number of amides is 1. The zero-order valence-corrected chi connectivity index (χ0v) is 20.2. The molecule has 7 nitrogen and oxygen atoms in total. The van der Waals surface area contributed by atoms with Crippen LogP contribution in [0.25, 0.3) is 0 Å². The molecule has 2 fully saturated rings. The number of rotatable bonds is 8. The fourth-order valence-corrected chi connectivity index (χ4v) is 4.93. The Labute approximate surface area is 197 Å². The number of carbonyl (C=O) groups is 1. The second-order valence-electron chi connectivity index (χ2n) is 8.75. The Bertz CT molecular complexity index is 864. The van der Waals surface area contributed by atoms with Crippen molar-refractivity contribution in [2.24, 2.45) is 22.0 Å². The molecule has 1 aromatic rings. The van der Waals surface area contributed by atoms with Gasteiger partial charge >= 0.3 is 0 Å². The summed E-state index contributed by atoms with van der Waals surface area (Å²) in [6.07, 6.45) is 11.2. The van der Waals surface area contributed by atoms with Crippen LogP contribution in [-0.4, -0.2) is 72.5 Å². The molecule has 0 spiro atoms. The van der Waals surface area contributed by atoms with E-state index in [4.69, 9.17) is 4.84 Å². The molecule has 3 heterocycles. The van der Waals surface area contributed by atoms with Gasteiger partial charge in [0.2, 0.25) is 5.91 Å². The van der Waals surface area contributed by atoms with Crippen LogP contribution in [0.3, 0.4) is 0 Å². The summed E-state index contributed by atoms with van der Waals surface area (Å²) in [4.78, 5) is 31.1. The normalized spacial score (nSPS) is 20.8. The average molecular weight is 452 g/mol. The van der Waals surface area contributed by atoms with Gasteiger partial charge in [0.1, 0.15) is 12.8 Å². The monoisotopic (exact) mass is 451 g/mol. The number of aliphatic imine (C=N–C) groups is 1. The fraction of sp³-hybridized carbons (Fsp3) is 0.538. The molecule has 2 aliphatic heterocycles. The molecule has 178 valence electrons. The minimum Gasteiger partial charge on any atom is -0.399 e. The third-order valence-corrected chi connectivity index (χ3v) is 6.92. The number of piperidine rings is 2. The highest BCUT2D eigenvalue weighted by atomic mass is 16.6. The Morgan fingerprint density at radius 2 is 1.88 bits per heavy atom. The van der Waals surface area contributed by atoms with E-state index in [0.29, 0.717) is 11.9 Å². The van der Waals surface area contributed by atoms with Crippen LogP contribution in [0.1, 0.15) is 45.2 Å². The molecular weight excluding hydrogens is 414 g/mol. The Morgan fingerprint density at radius 3 is 2.45 bits per heavy atom. The minimum atomic E-state index is 0.118. The Kier molecular flexibility index (Phi) is 9.36. The van der Waals surface area contributed by atoms with Crippen LogP contribution in [0.15, 0.2) is 58.5 Å². The van der Waals surface area contributed by atoms with Gasteiger partial charge in [-0.2, -0.15) is 0 Å². The van der Waals surface area contributed by atoms with Crippen LogP contribution in [0.5, 0.6) is 0 Å². The van der Waals surface area contributed by atoms with Crippen LogP contribution in [-0.2, 0) is 9.63 Å². The lowest BCUT2D eigenvalue weighted by atomic mass is 9.88. The van der Waals surface area contributed by atoms with Gasteiger partial charge < -0.3 is 9.74 Å². The third-order valence-electron chi connectivity index (χ3n) is 6.92. The van der Waals surface area contributed by atoms with E-state index < -0.39 is 0 Å². The zero-order valence-electron chi connectivity index (χ0n) is 20.2. The lowest BCUT2D eigenvalue weighted by Gasteiger charge is -2.39. The first-order valence-electron chi connectivity index (χ1n) is 11.9. The summed E-state index contributed by atoms with van der Waals surface area (Å²) in [5, 5.41) is 4.27. The number of oxime groups is 1. The van der Waals surface area contributed by atoms with Crippen LogP contribution in [0, 0.1) is 11.8 Å². The lowest BCUT2D eigenvalue weighted by molar-refractivity contribution is -0.138. The zero-order chi connectivity index (χ0) is 23.6. The second-order valence-corrected chi connectivity index (χ2v) is 8.75. The number of nitrogens with zero attached hydrogens (tertiary/aromatic N) is 5. The van der Waals surface area contributed by atoms with Crippen LogP contribution in [0.4, 0.5) is 0 Å². The van der Waals surface area contributed by atoms with Gasteiger partial charge in [0, 0.05) is 43.4 Å². The molecule has 2 saturated heterocycles. The predicted molar refractivity (Wildman–Crippen MR) is 133 cm³/mol. The van der Waals surface area contributed by atoms with Gasteiger partial charge in [-0.05, 0) is 83.1 Å². The maximum absolute atomic E-state index is 13.2. The summed E-state index contributed by atoms with van der Waals surface area (Å²) in [7, 11) is 1.57. The number of pyridine rings is 1. The summed E-state index contributed by atoms with van der Waals surface area (Å²) < 4.78 is 0. The molecule has 33 heavy (non-hydrogen) atoms. The van der Waals surface area contributed by atoms with Crippen molar-refractivity contribution < 1.29 is 9.63 Å². The van der Waals surface area contributed by atoms with E-state index in [0.717, 1.165) is 63.3 Å². The van der Waals surface area contributed by atoms with Crippen molar-refractivity contribution in [2.45, 2.75) is 45.6 Å². The van der Waals surface area contributed by atoms with Crippen molar-refractivity contribution in [2.75, 3.05) is 33.3 Å². The predicted octanol–water partition coefficient (Wildman–Crippen LogP) is 3.93. The molecule has 2 aliphatic rings. The van der Waals surface area contributed by atoms with E-state index >= 15 is 0 Å². The molecule has 0 unspecified atom stereocenters. The van der Waals surface area contributed by atoms with Gasteiger partial charge in [0.25, 0.3) is 0 Å². The minimum absolute atomic E-state index is 0.118. The van der Waals surface area contributed by atoms with Crippen molar-refractivity contribution in [1.29, 1.82) is 0 Å². The Balaban J connectivity index is 1.52. The van der Waals surface area contributed by atoms with E-state index in [-0.39, 0.29) is 11.8 Å². The number of hydrogen-bond acceptors (Lipinski definition) is 6. The highest BCUT2D eigenvalue weighted by molar-refractivity contribution is 6.00. The number of aromatic nitrogens is 1. The van der Waals surface area contributed by atoms with Crippen LogP contribution >= 0.6 is 0 Å². The Morgan fingerprint density at radius 1 is 1.18 bits per heavy atom. The molecule has 0 bridgehead atoms. The van der Waals surface area contributed by atoms with Gasteiger partial charge in [-0.3, -0.25) is 19.7 Å². The standard InChI is InChI=1S/C26H37N5O2/c1-5-21(9-15-27-3)20(2)30-16-12-23(13-17-30)26(32)31-18-10-22(11-19-31)25(29-33-4)24-8-6-7-14-28-24/h5-9,14-15,20,22-23H,3,10-13,16-19H2,1-2,4H3/b15-9-,21-5+,29-25-/t20-/m1/s1. The number of allylic oxidation sites excluding steroid dienone is 1. The molecule has 1 atom stereocenters. The van der Waals surface area contributed by atoms with Crippen molar-refractivity contribution >= 4 is 18.3 Å². The molecule has 0 radical (unpaired) electrons. The summed E-state index contributed by atoms with van der Waals surface area (Å²) in [5.41, 5.74) is 2.97. The van der Waals surface area contributed by atoms with E-state index in [2.05, 4.69) is 51.6 Å². The Hall–Kier alpha value is -2.80. The SMILES string of the molecule is C=N/C=C\C(=C/C)[C@@H](C)N1CCC(C(=O)N2CCC(/C(=N/OC)c3ccccn3)CC2)CC1. The number of hydrogen-bond donors (Lipinski definition) is 0. The first-order chi connectivity index (χ1) is 16.1. The van der Waals surface area contributed by atoms with Crippen molar-refractivity contribution in [3.8, 4) is 0 Å². The maximum atomic E-state index is 13.2. The summed E-state index contributed by atoms with van der Waals surface area (Å²) in [5.74, 6) is 0.683. The van der Waals surface area contributed by atoms with Crippen LogP contribution < -0.4 is 0 Å². The molecular formula is C26H37N5O2. The van der Waals surface area contributed by atoms with Gasteiger partial charge in [-0.1, -0.05) is 17.3 Å². The molecule has 1 amide bonds. The summed E-state index contributed by atoms with van der Waals surface area (Å²) in [6.45, 7) is 11.2. The smallest absolute Gasteiger partial charge is 0.225 e. The highest BCUT2D eigenvalue weighted by Crippen LogP contribution is 2.27. The maximum Gasteiger partial charge on any atom is 0.225 e. The van der Waals surface area contributed by atoms with E-state index in [9.17, 15) is 4.79 Å². The molecule has 1 aromatic heterocycles. The number of likely N-dealkylation sites (tertiary alicyclic amines) is 2. The summed E-state index contributed by atoms with van der Waals surface area (Å²) >= 11 is 0.